The number of halogens is 1. The molecular weight excluding hydrogens is 246 g/mol. The van der Waals surface area contributed by atoms with Crippen molar-refractivity contribution in [2.24, 2.45) is 0 Å². The number of hydrogen-bond acceptors (Lipinski definition) is 3. The third kappa shape index (κ3) is 1.38. The number of para-hydroxylation sites is 1. The van der Waals surface area contributed by atoms with E-state index in [9.17, 15) is 9.90 Å². The summed E-state index contributed by atoms with van der Waals surface area (Å²) in [6, 6.07) is 7.46. The lowest BCUT2D eigenvalue weighted by Crippen LogP contribution is -2.03. The molecule has 0 atom stereocenters. The molecule has 0 aliphatic rings. The molecule has 0 aliphatic carbocycles. The number of fused-ring (bicyclic) bond motifs is 3. The lowest BCUT2D eigenvalue weighted by Gasteiger charge is -1.99. The number of aromatic nitrogens is 1. The molecule has 0 unspecified atom stereocenters. The number of hydrogen-bond donors (Lipinski definition) is 2. The van der Waals surface area contributed by atoms with Crippen molar-refractivity contribution in [3.8, 4) is 5.75 Å². The first kappa shape index (κ1) is 11.0. The maximum Gasteiger partial charge on any atom is 0.266 e. The van der Waals surface area contributed by atoms with Gasteiger partial charge >= 0.3 is 0 Å². The first-order valence-electron chi connectivity index (χ1n) is 4.48. The molecular formula is C11H8ClNO2S. The maximum atomic E-state index is 11.6. The van der Waals surface area contributed by atoms with Crippen molar-refractivity contribution in [1.29, 1.82) is 0 Å². The van der Waals surface area contributed by atoms with Gasteiger partial charge in [-0.15, -0.1) is 23.7 Å². The van der Waals surface area contributed by atoms with E-state index in [1.165, 1.54) is 11.3 Å². The number of pyridine rings is 1. The fraction of sp³-hybridized carbons (Fsp3) is 0. The molecule has 5 heteroatoms. The number of nitrogens with one attached hydrogen (secondary N) is 1. The summed E-state index contributed by atoms with van der Waals surface area (Å²) in [5, 5.41) is 12.8. The van der Waals surface area contributed by atoms with E-state index >= 15 is 0 Å². The molecule has 0 saturated carbocycles. The molecule has 0 radical (unpaired) electrons. The van der Waals surface area contributed by atoms with Gasteiger partial charge in [0.05, 0.1) is 0 Å². The van der Waals surface area contributed by atoms with E-state index < -0.39 is 0 Å². The van der Waals surface area contributed by atoms with Crippen LogP contribution in [0.1, 0.15) is 0 Å². The van der Waals surface area contributed by atoms with Gasteiger partial charge in [0.1, 0.15) is 10.4 Å². The second kappa shape index (κ2) is 3.81. The molecule has 0 aliphatic heterocycles. The number of aromatic hydroxyl groups is 1. The molecule has 0 saturated heterocycles. The Labute approximate surface area is 101 Å². The predicted octanol–water partition coefficient (Wildman–Crippen LogP) is 2.87. The summed E-state index contributed by atoms with van der Waals surface area (Å²) >= 11 is 1.26. The topological polar surface area (TPSA) is 53.1 Å². The van der Waals surface area contributed by atoms with Crippen LogP contribution in [0.4, 0.5) is 0 Å². The van der Waals surface area contributed by atoms with Gasteiger partial charge in [-0.25, -0.2) is 0 Å². The zero-order valence-corrected chi connectivity index (χ0v) is 9.69. The smallest absolute Gasteiger partial charge is 0.266 e. The van der Waals surface area contributed by atoms with Crippen molar-refractivity contribution in [2.45, 2.75) is 0 Å². The number of rotatable bonds is 0. The predicted molar refractivity (Wildman–Crippen MR) is 68.9 cm³/mol. The second-order valence-electron chi connectivity index (χ2n) is 3.32. The summed E-state index contributed by atoms with van der Waals surface area (Å²) in [6.07, 6.45) is 0. The Morgan fingerprint density at radius 1 is 1.25 bits per heavy atom. The SMILES string of the molecule is Cl.O=c1[nH]c2ccccc2c2c(O)csc12. The molecule has 0 bridgehead atoms. The van der Waals surface area contributed by atoms with Crippen LogP contribution in [0.5, 0.6) is 5.75 Å². The maximum absolute atomic E-state index is 11.6. The highest BCUT2D eigenvalue weighted by Crippen LogP contribution is 2.33. The highest BCUT2D eigenvalue weighted by atomic mass is 35.5. The Kier molecular flexibility index (Phi) is 2.61. The van der Waals surface area contributed by atoms with Gasteiger partial charge in [-0.3, -0.25) is 4.79 Å². The average molecular weight is 254 g/mol. The van der Waals surface area contributed by atoms with Crippen LogP contribution in [0, 0.1) is 0 Å². The third-order valence-electron chi connectivity index (χ3n) is 2.42. The summed E-state index contributed by atoms with van der Waals surface area (Å²) in [7, 11) is 0. The Morgan fingerprint density at radius 2 is 2.00 bits per heavy atom. The van der Waals surface area contributed by atoms with E-state index in [1.807, 2.05) is 24.3 Å². The van der Waals surface area contributed by atoms with Gasteiger partial charge in [-0.2, -0.15) is 0 Å². The van der Waals surface area contributed by atoms with Crippen LogP contribution < -0.4 is 5.56 Å². The van der Waals surface area contributed by atoms with Crippen molar-refractivity contribution >= 4 is 44.7 Å². The van der Waals surface area contributed by atoms with Gasteiger partial charge in [-0.1, -0.05) is 18.2 Å². The molecule has 3 rings (SSSR count). The summed E-state index contributed by atoms with van der Waals surface area (Å²) in [4.78, 5) is 14.4. The van der Waals surface area contributed by atoms with Crippen molar-refractivity contribution in [3.63, 3.8) is 0 Å². The van der Waals surface area contributed by atoms with Gasteiger partial charge in [0, 0.05) is 21.7 Å². The number of H-pyrrole nitrogens is 1. The summed E-state index contributed by atoms with van der Waals surface area (Å²) in [5.74, 6) is 0.178. The van der Waals surface area contributed by atoms with Crippen molar-refractivity contribution in [1.82, 2.24) is 4.98 Å². The van der Waals surface area contributed by atoms with E-state index in [4.69, 9.17) is 0 Å². The molecule has 2 aromatic heterocycles. The standard InChI is InChI=1S/C11H7NO2S.ClH/c13-8-5-15-10-9(8)6-3-1-2-4-7(6)12-11(10)14;/h1-5,13H,(H,12,14);1H. The van der Waals surface area contributed by atoms with Gasteiger partial charge < -0.3 is 10.1 Å². The molecule has 0 spiro atoms. The quantitative estimate of drug-likeness (QED) is 0.647. The van der Waals surface area contributed by atoms with Crippen molar-refractivity contribution in [3.05, 3.63) is 40.0 Å². The first-order valence-corrected chi connectivity index (χ1v) is 5.36. The normalized spacial score (nSPS) is 10.5. The van der Waals surface area contributed by atoms with Crippen LogP contribution in [0.25, 0.3) is 21.0 Å². The molecule has 2 heterocycles. The zero-order valence-electron chi connectivity index (χ0n) is 8.06. The number of aromatic amines is 1. The lowest BCUT2D eigenvalue weighted by atomic mass is 10.1. The summed E-state index contributed by atoms with van der Waals surface area (Å²) in [5.41, 5.74) is 0.609. The molecule has 0 amide bonds. The Morgan fingerprint density at radius 3 is 2.81 bits per heavy atom. The molecule has 3 aromatic rings. The minimum Gasteiger partial charge on any atom is -0.506 e. The van der Waals surface area contributed by atoms with Crippen LogP contribution in [0.15, 0.2) is 34.4 Å². The molecule has 0 fully saturated rings. The lowest BCUT2D eigenvalue weighted by molar-refractivity contribution is 0.484. The molecule has 1 aromatic carbocycles. The second-order valence-corrected chi connectivity index (χ2v) is 4.20. The Hall–Kier alpha value is -1.52. The van der Waals surface area contributed by atoms with E-state index in [0.717, 1.165) is 10.9 Å². The van der Waals surface area contributed by atoms with Crippen LogP contribution in [-0.4, -0.2) is 10.1 Å². The average Bonchev–Trinajstić information content (AvgIpc) is 2.62. The minimum absolute atomic E-state index is 0. The fourth-order valence-corrected chi connectivity index (χ4v) is 2.60. The van der Waals surface area contributed by atoms with Crippen LogP contribution in [0.2, 0.25) is 0 Å². The molecule has 2 N–H and O–H groups in total. The van der Waals surface area contributed by atoms with E-state index in [0.29, 0.717) is 10.1 Å². The Bertz CT molecular complexity index is 717. The summed E-state index contributed by atoms with van der Waals surface area (Å²) in [6.45, 7) is 0. The Balaban J connectivity index is 0.000000963. The van der Waals surface area contributed by atoms with Gasteiger partial charge in [-0.05, 0) is 6.07 Å². The number of thiophene rings is 1. The van der Waals surface area contributed by atoms with Crippen LogP contribution >= 0.6 is 23.7 Å². The fourth-order valence-electron chi connectivity index (χ4n) is 1.77. The molecule has 16 heavy (non-hydrogen) atoms. The van der Waals surface area contributed by atoms with E-state index in [2.05, 4.69) is 4.98 Å². The zero-order chi connectivity index (χ0) is 10.4. The largest absolute Gasteiger partial charge is 0.506 e. The molecule has 82 valence electrons. The first-order chi connectivity index (χ1) is 7.27. The summed E-state index contributed by atoms with van der Waals surface area (Å²) < 4.78 is 0.575. The van der Waals surface area contributed by atoms with E-state index in [-0.39, 0.29) is 23.7 Å². The minimum atomic E-state index is -0.144. The van der Waals surface area contributed by atoms with Gasteiger partial charge in [0.25, 0.3) is 5.56 Å². The number of benzene rings is 1. The third-order valence-corrected chi connectivity index (χ3v) is 3.39. The highest BCUT2D eigenvalue weighted by Gasteiger charge is 2.10. The monoisotopic (exact) mass is 253 g/mol. The van der Waals surface area contributed by atoms with Crippen molar-refractivity contribution in [2.75, 3.05) is 0 Å². The van der Waals surface area contributed by atoms with Crippen LogP contribution in [-0.2, 0) is 0 Å². The molecule has 3 nitrogen and oxygen atoms in total. The highest BCUT2D eigenvalue weighted by molar-refractivity contribution is 7.17. The van der Waals surface area contributed by atoms with Gasteiger partial charge in [0.2, 0.25) is 0 Å². The van der Waals surface area contributed by atoms with Gasteiger partial charge in [0.15, 0.2) is 0 Å². The van der Waals surface area contributed by atoms with Crippen molar-refractivity contribution < 1.29 is 5.11 Å². The van der Waals surface area contributed by atoms with E-state index in [1.54, 1.807) is 5.38 Å². The van der Waals surface area contributed by atoms with Crippen LogP contribution in [0.3, 0.4) is 0 Å².